The van der Waals surface area contributed by atoms with Crippen molar-refractivity contribution < 1.29 is 4.74 Å². The van der Waals surface area contributed by atoms with Crippen LogP contribution < -0.4 is 0 Å². The normalized spacial score (nSPS) is 11.1. The second-order valence-electron chi connectivity index (χ2n) is 3.08. The van der Waals surface area contributed by atoms with E-state index in [4.69, 9.17) is 4.74 Å². The Bertz CT molecular complexity index is 456. The van der Waals surface area contributed by atoms with E-state index in [2.05, 4.69) is 38.0 Å². The Kier molecular flexibility index (Phi) is 3.27. The Morgan fingerprint density at radius 1 is 1.47 bits per heavy atom. The molecule has 2 aromatic rings. The van der Waals surface area contributed by atoms with Gasteiger partial charge in [0.15, 0.2) is 16.1 Å². The van der Waals surface area contributed by atoms with Crippen molar-refractivity contribution in [3.8, 4) is 0 Å². The second-order valence-corrected chi connectivity index (χ2v) is 3.83. The van der Waals surface area contributed by atoms with Crippen LogP contribution in [-0.2, 0) is 11.3 Å². The molecular formula is C9H11BrN4O. The molecule has 0 aromatic carbocycles. The third kappa shape index (κ3) is 2.15. The van der Waals surface area contributed by atoms with Crippen LogP contribution in [0, 0.1) is 0 Å². The number of rotatable bonds is 4. The lowest BCUT2D eigenvalue weighted by atomic mass is 10.5. The fourth-order valence-corrected chi connectivity index (χ4v) is 1.64. The SMILES string of the molecule is CCCOCc1nnc2c(Br)nccn12. The molecule has 80 valence electrons. The number of hydrogen-bond donors (Lipinski definition) is 0. The van der Waals surface area contributed by atoms with Crippen LogP contribution >= 0.6 is 15.9 Å². The van der Waals surface area contributed by atoms with Crippen molar-refractivity contribution in [1.29, 1.82) is 0 Å². The lowest BCUT2D eigenvalue weighted by Crippen LogP contribution is -2.00. The fraction of sp³-hybridized carbons (Fsp3) is 0.444. The van der Waals surface area contributed by atoms with Gasteiger partial charge in [0.2, 0.25) is 0 Å². The second kappa shape index (κ2) is 4.67. The predicted octanol–water partition coefficient (Wildman–Crippen LogP) is 1.81. The van der Waals surface area contributed by atoms with E-state index in [1.54, 1.807) is 6.20 Å². The van der Waals surface area contributed by atoms with Gasteiger partial charge in [-0.05, 0) is 22.4 Å². The summed E-state index contributed by atoms with van der Waals surface area (Å²) < 4.78 is 7.98. The summed E-state index contributed by atoms with van der Waals surface area (Å²) in [5.74, 6) is 0.793. The molecule has 0 atom stereocenters. The summed E-state index contributed by atoms with van der Waals surface area (Å²) in [7, 11) is 0. The summed E-state index contributed by atoms with van der Waals surface area (Å²) >= 11 is 3.32. The quantitative estimate of drug-likeness (QED) is 0.796. The van der Waals surface area contributed by atoms with Gasteiger partial charge in [-0.1, -0.05) is 6.92 Å². The molecule has 0 aliphatic carbocycles. The van der Waals surface area contributed by atoms with Crippen molar-refractivity contribution in [3.63, 3.8) is 0 Å². The molecule has 2 aromatic heterocycles. The van der Waals surface area contributed by atoms with Gasteiger partial charge in [-0.15, -0.1) is 10.2 Å². The Balaban J connectivity index is 2.25. The fourth-order valence-electron chi connectivity index (χ4n) is 1.25. The Hall–Kier alpha value is -1.01. The molecule has 0 amide bonds. The predicted molar refractivity (Wildman–Crippen MR) is 58.4 cm³/mol. The first-order valence-electron chi connectivity index (χ1n) is 4.74. The minimum atomic E-state index is 0.478. The van der Waals surface area contributed by atoms with Crippen molar-refractivity contribution >= 4 is 21.6 Å². The average molecular weight is 271 g/mol. The first-order valence-corrected chi connectivity index (χ1v) is 5.54. The number of ether oxygens (including phenoxy) is 1. The van der Waals surface area contributed by atoms with Crippen LogP contribution in [0.2, 0.25) is 0 Å². The van der Waals surface area contributed by atoms with E-state index in [9.17, 15) is 0 Å². The van der Waals surface area contributed by atoms with Crippen molar-refractivity contribution in [1.82, 2.24) is 19.6 Å². The molecule has 5 nitrogen and oxygen atoms in total. The molecule has 0 radical (unpaired) electrons. The summed E-state index contributed by atoms with van der Waals surface area (Å²) in [5, 5.41) is 8.07. The maximum absolute atomic E-state index is 5.42. The molecule has 0 aliphatic heterocycles. The topological polar surface area (TPSA) is 52.3 Å². The molecule has 0 saturated heterocycles. The molecular weight excluding hydrogens is 260 g/mol. The van der Waals surface area contributed by atoms with Gasteiger partial charge < -0.3 is 4.74 Å². The van der Waals surface area contributed by atoms with Crippen molar-refractivity contribution in [3.05, 3.63) is 22.8 Å². The van der Waals surface area contributed by atoms with Gasteiger partial charge in [0.1, 0.15) is 6.61 Å². The minimum absolute atomic E-state index is 0.478. The van der Waals surface area contributed by atoms with E-state index >= 15 is 0 Å². The highest BCUT2D eigenvalue weighted by molar-refractivity contribution is 9.10. The molecule has 0 N–H and O–H groups in total. The molecule has 15 heavy (non-hydrogen) atoms. The summed E-state index contributed by atoms with van der Waals surface area (Å²) in [6, 6.07) is 0. The van der Waals surface area contributed by atoms with Crippen molar-refractivity contribution in [2.75, 3.05) is 6.61 Å². The minimum Gasteiger partial charge on any atom is -0.373 e. The lowest BCUT2D eigenvalue weighted by molar-refractivity contribution is 0.115. The van der Waals surface area contributed by atoms with E-state index in [0.29, 0.717) is 16.9 Å². The molecule has 0 aliphatic rings. The smallest absolute Gasteiger partial charge is 0.194 e. The molecule has 2 rings (SSSR count). The highest BCUT2D eigenvalue weighted by Crippen LogP contribution is 2.13. The third-order valence-corrected chi connectivity index (χ3v) is 2.49. The molecule has 0 bridgehead atoms. The first-order chi connectivity index (χ1) is 7.33. The Morgan fingerprint density at radius 3 is 3.13 bits per heavy atom. The van der Waals surface area contributed by atoms with Crippen LogP contribution in [0.25, 0.3) is 5.65 Å². The van der Waals surface area contributed by atoms with Crippen molar-refractivity contribution in [2.24, 2.45) is 0 Å². The highest BCUT2D eigenvalue weighted by Gasteiger charge is 2.07. The molecule has 0 unspecified atom stereocenters. The van der Waals surface area contributed by atoms with Gasteiger partial charge in [-0.2, -0.15) is 0 Å². The average Bonchev–Trinajstić information content (AvgIpc) is 2.64. The molecule has 6 heteroatoms. The van der Waals surface area contributed by atoms with Gasteiger partial charge in [0.25, 0.3) is 0 Å². The first kappa shape index (κ1) is 10.5. The van der Waals surface area contributed by atoms with Crippen molar-refractivity contribution in [2.45, 2.75) is 20.0 Å². The maximum Gasteiger partial charge on any atom is 0.194 e. The number of aromatic nitrogens is 4. The van der Waals surface area contributed by atoms with E-state index < -0.39 is 0 Å². The van der Waals surface area contributed by atoms with Crippen LogP contribution in [0.15, 0.2) is 17.0 Å². The van der Waals surface area contributed by atoms with Crippen LogP contribution in [0.5, 0.6) is 0 Å². The van der Waals surface area contributed by atoms with Crippen LogP contribution in [-0.4, -0.2) is 26.2 Å². The van der Waals surface area contributed by atoms with Crippen LogP contribution in [0.1, 0.15) is 19.2 Å². The molecule has 0 spiro atoms. The van der Waals surface area contributed by atoms with Gasteiger partial charge in [-0.3, -0.25) is 4.40 Å². The molecule has 2 heterocycles. The number of halogens is 1. The van der Waals surface area contributed by atoms with E-state index in [-0.39, 0.29) is 0 Å². The maximum atomic E-state index is 5.42. The summed E-state index contributed by atoms with van der Waals surface area (Å²) in [5.41, 5.74) is 0.715. The van der Waals surface area contributed by atoms with E-state index in [1.165, 1.54) is 0 Å². The monoisotopic (exact) mass is 270 g/mol. The molecule has 0 fully saturated rings. The largest absolute Gasteiger partial charge is 0.373 e. The third-order valence-electron chi connectivity index (χ3n) is 1.93. The molecule has 0 saturated carbocycles. The number of nitrogens with zero attached hydrogens (tertiary/aromatic N) is 4. The highest BCUT2D eigenvalue weighted by atomic mass is 79.9. The van der Waals surface area contributed by atoms with E-state index in [0.717, 1.165) is 18.9 Å². The number of fused-ring (bicyclic) bond motifs is 1. The summed E-state index contributed by atoms with van der Waals surface area (Å²) in [6.07, 6.45) is 4.52. The van der Waals surface area contributed by atoms with Gasteiger partial charge in [-0.25, -0.2) is 4.98 Å². The summed E-state index contributed by atoms with van der Waals surface area (Å²) in [6.45, 7) is 3.29. The van der Waals surface area contributed by atoms with E-state index in [1.807, 2.05) is 10.6 Å². The summed E-state index contributed by atoms with van der Waals surface area (Å²) in [4.78, 5) is 4.07. The van der Waals surface area contributed by atoms with Gasteiger partial charge >= 0.3 is 0 Å². The zero-order chi connectivity index (χ0) is 10.7. The zero-order valence-corrected chi connectivity index (χ0v) is 9.94. The van der Waals surface area contributed by atoms with Gasteiger partial charge in [0.05, 0.1) is 0 Å². The number of hydrogen-bond acceptors (Lipinski definition) is 4. The Labute approximate surface area is 95.6 Å². The zero-order valence-electron chi connectivity index (χ0n) is 8.35. The Morgan fingerprint density at radius 2 is 2.33 bits per heavy atom. The van der Waals surface area contributed by atoms with Gasteiger partial charge in [0, 0.05) is 19.0 Å². The van der Waals surface area contributed by atoms with Crippen LogP contribution in [0.3, 0.4) is 0 Å². The van der Waals surface area contributed by atoms with Crippen LogP contribution in [0.4, 0.5) is 0 Å². The lowest BCUT2D eigenvalue weighted by Gasteiger charge is -2.00. The standard InChI is InChI=1S/C9H11BrN4O/c1-2-5-15-6-7-12-13-9-8(10)11-3-4-14(7)9/h3-4H,2,5-6H2,1H3.